The molecule has 0 bridgehead atoms. The number of rotatable bonds is 9. The highest BCUT2D eigenvalue weighted by molar-refractivity contribution is 6.39. The monoisotopic (exact) mass is 323 g/mol. The van der Waals surface area contributed by atoms with Crippen LogP contribution < -0.4 is 5.11 Å². The second-order valence-corrected chi connectivity index (χ2v) is 5.41. The summed E-state index contributed by atoms with van der Waals surface area (Å²) in [6, 6.07) is 0. The number of allylic oxidation sites excluding steroid dienone is 2. The molecular formula is C14H21Cl2O4-. The number of aliphatic carboxylic acids is 1. The number of carbonyl (C=O) groups excluding carboxylic acids is 2. The smallest absolute Gasteiger partial charge is 0.309 e. The van der Waals surface area contributed by atoms with Crippen LogP contribution in [0.4, 0.5) is 0 Å². The van der Waals surface area contributed by atoms with Crippen molar-refractivity contribution in [2.75, 3.05) is 6.61 Å². The molecule has 0 rings (SSSR count). The molecule has 6 heteroatoms. The Hall–Kier alpha value is -0.740. The Labute approximate surface area is 130 Å². The summed E-state index contributed by atoms with van der Waals surface area (Å²) >= 11 is 12.1. The van der Waals surface area contributed by atoms with E-state index in [1.807, 2.05) is 6.92 Å². The third kappa shape index (κ3) is 6.62. The highest BCUT2D eigenvalue weighted by Crippen LogP contribution is 2.29. The Morgan fingerprint density at radius 2 is 1.45 bits per heavy atom. The van der Waals surface area contributed by atoms with Gasteiger partial charge in [0.15, 0.2) is 0 Å². The summed E-state index contributed by atoms with van der Waals surface area (Å²) in [4.78, 5) is 22.5. The summed E-state index contributed by atoms with van der Waals surface area (Å²) in [5.41, 5.74) is 0. The average molecular weight is 324 g/mol. The molecule has 0 radical (unpaired) electrons. The third-order valence-electron chi connectivity index (χ3n) is 3.08. The fourth-order valence-electron chi connectivity index (χ4n) is 1.70. The summed E-state index contributed by atoms with van der Waals surface area (Å²) in [6.45, 7) is 5.65. The summed E-state index contributed by atoms with van der Waals surface area (Å²) in [5, 5.41) is 11.4. The Bertz CT molecular complexity index is 366. The normalized spacial score (nSPS) is 15.2. The second kappa shape index (κ2) is 10.1. The van der Waals surface area contributed by atoms with Crippen molar-refractivity contribution in [3.8, 4) is 0 Å². The Morgan fingerprint density at radius 3 is 1.80 bits per heavy atom. The molecule has 0 N–H and O–H groups in total. The molecule has 0 aliphatic rings. The maximum Gasteiger partial charge on any atom is 0.309 e. The summed E-state index contributed by atoms with van der Waals surface area (Å²) in [6.07, 6.45) is 1.38. The molecule has 0 heterocycles. The molecule has 0 fully saturated rings. The zero-order valence-corrected chi connectivity index (χ0v) is 13.6. The average Bonchev–Trinajstić information content (AvgIpc) is 2.41. The second-order valence-electron chi connectivity index (χ2n) is 4.50. The molecule has 0 saturated heterocycles. The largest absolute Gasteiger partial charge is 0.550 e. The van der Waals surface area contributed by atoms with Crippen LogP contribution in [0, 0.1) is 11.8 Å². The number of hydrogen-bond donors (Lipinski definition) is 0. The molecule has 0 aliphatic carbocycles. The van der Waals surface area contributed by atoms with E-state index >= 15 is 0 Å². The van der Waals surface area contributed by atoms with Crippen LogP contribution in [0.2, 0.25) is 0 Å². The van der Waals surface area contributed by atoms with Crippen molar-refractivity contribution in [3.05, 3.63) is 10.1 Å². The number of esters is 1. The zero-order valence-electron chi connectivity index (χ0n) is 12.1. The molecule has 20 heavy (non-hydrogen) atoms. The van der Waals surface area contributed by atoms with Gasteiger partial charge in [-0.2, -0.15) is 0 Å². The van der Waals surface area contributed by atoms with Crippen molar-refractivity contribution >= 4 is 35.1 Å². The van der Waals surface area contributed by atoms with E-state index in [2.05, 4.69) is 0 Å². The van der Waals surface area contributed by atoms with Crippen LogP contribution in [0.5, 0.6) is 0 Å². The molecule has 0 aromatic heterocycles. The van der Waals surface area contributed by atoms with Gasteiger partial charge in [-0.15, -0.1) is 0 Å². The first kappa shape index (κ1) is 19.3. The van der Waals surface area contributed by atoms with Crippen LogP contribution in [0.3, 0.4) is 0 Å². The van der Waals surface area contributed by atoms with Crippen molar-refractivity contribution in [1.29, 1.82) is 0 Å². The van der Waals surface area contributed by atoms with Crippen LogP contribution >= 0.6 is 23.2 Å². The number of carbonyl (C=O) groups is 2. The van der Waals surface area contributed by atoms with Gasteiger partial charge in [-0.3, -0.25) is 4.79 Å². The van der Waals surface area contributed by atoms with Crippen molar-refractivity contribution in [2.24, 2.45) is 11.8 Å². The minimum atomic E-state index is -1.15. The maximum absolute atomic E-state index is 11.7. The number of halogens is 2. The number of ether oxygens (including phenoxy) is 1. The lowest BCUT2D eigenvalue weighted by Crippen LogP contribution is -2.31. The molecule has 2 unspecified atom stereocenters. The van der Waals surface area contributed by atoms with Gasteiger partial charge in [0.2, 0.25) is 0 Å². The quantitative estimate of drug-likeness (QED) is 0.612. The molecule has 0 saturated carbocycles. The number of carboxylic acid groups (broad SMARTS) is 1. The van der Waals surface area contributed by atoms with Gasteiger partial charge in [-0.25, -0.2) is 0 Å². The van der Waals surface area contributed by atoms with Gasteiger partial charge in [0.25, 0.3) is 0 Å². The van der Waals surface area contributed by atoms with Crippen LogP contribution in [-0.2, 0) is 14.3 Å². The van der Waals surface area contributed by atoms with Crippen molar-refractivity contribution in [2.45, 2.75) is 46.5 Å². The molecule has 0 spiro atoms. The van der Waals surface area contributed by atoms with Crippen molar-refractivity contribution in [1.82, 2.24) is 0 Å². The molecule has 116 valence electrons. The van der Waals surface area contributed by atoms with Gasteiger partial charge in [0, 0.05) is 22.0 Å². The van der Waals surface area contributed by atoms with Gasteiger partial charge in [0.1, 0.15) is 0 Å². The van der Waals surface area contributed by atoms with Crippen LogP contribution in [0.1, 0.15) is 46.5 Å². The van der Waals surface area contributed by atoms with E-state index in [9.17, 15) is 14.7 Å². The standard InChI is InChI=1S/C14H22Cl2O4/c1-4-9(13(17)18)7-11(15)12(16)8-10(5-2)14(19)20-6-3/h9-10H,4-8H2,1-3H3,(H,17,18)/p-1. The van der Waals surface area contributed by atoms with Crippen LogP contribution in [0.25, 0.3) is 0 Å². The minimum absolute atomic E-state index is 0.123. The van der Waals surface area contributed by atoms with Crippen molar-refractivity contribution in [3.63, 3.8) is 0 Å². The Balaban J connectivity index is 4.75. The van der Waals surface area contributed by atoms with Gasteiger partial charge in [0.05, 0.1) is 12.5 Å². The third-order valence-corrected chi connectivity index (χ3v) is 3.95. The van der Waals surface area contributed by atoms with Gasteiger partial charge in [-0.1, -0.05) is 37.0 Å². The summed E-state index contributed by atoms with van der Waals surface area (Å²) in [7, 11) is 0. The maximum atomic E-state index is 11.7. The van der Waals surface area contributed by atoms with E-state index in [1.54, 1.807) is 13.8 Å². The Kier molecular flexibility index (Phi) is 9.68. The van der Waals surface area contributed by atoms with E-state index in [0.29, 0.717) is 24.5 Å². The van der Waals surface area contributed by atoms with Crippen LogP contribution in [-0.4, -0.2) is 18.5 Å². The first-order chi connectivity index (χ1) is 9.37. The van der Waals surface area contributed by atoms with E-state index in [0.717, 1.165) is 0 Å². The predicted molar refractivity (Wildman–Crippen MR) is 77.2 cm³/mol. The van der Waals surface area contributed by atoms with Gasteiger partial charge < -0.3 is 14.6 Å². The molecular weight excluding hydrogens is 303 g/mol. The van der Waals surface area contributed by atoms with E-state index in [1.165, 1.54) is 0 Å². The highest BCUT2D eigenvalue weighted by atomic mass is 35.5. The molecule has 0 aromatic rings. The molecule has 0 aromatic carbocycles. The lowest BCUT2D eigenvalue weighted by Gasteiger charge is -2.17. The SMILES string of the molecule is CCOC(=O)C(CC)CC(Cl)=C(Cl)CC(CC)C(=O)[O-]. The number of hydrogen-bond acceptors (Lipinski definition) is 4. The fraction of sp³-hybridized carbons (Fsp3) is 0.714. The summed E-state index contributed by atoms with van der Waals surface area (Å²) < 4.78 is 4.95. The molecule has 0 aliphatic heterocycles. The van der Waals surface area contributed by atoms with E-state index in [4.69, 9.17) is 27.9 Å². The van der Waals surface area contributed by atoms with Gasteiger partial charge >= 0.3 is 5.97 Å². The first-order valence-electron chi connectivity index (χ1n) is 6.77. The van der Waals surface area contributed by atoms with Gasteiger partial charge in [-0.05, 0) is 32.6 Å². The summed E-state index contributed by atoms with van der Waals surface area (Å²) in [5.74, 6) is -2.49. The Morgan fingerprint density at radius 1 is 1.00 bits per heavy atom. The van der Waals surface area contributed by atoms with Crippen LogP contribution in [0.15, 0.2) is 10.1 Å². The molecule has 2 atom stereocenters. The zero-order chi connectivity index (χ0) is 15.7. The van der Waals surface area contributed by atoms with E-state index in [-0.39, 0.29) is 29.8 Å². The number of carboxylic acids is 1. The first-order valence-corrected chi connectivity index (χ1v) is 7.53. The van der Waals surface area contributed by atoms with E-state index < -0.39 is 11.9 Å². The lowest BCUT2D eigenvalue weighted by atomic mass is 9.99. The predicted octanol–water partition coefficient (Wildman–Crippen LogP) is 2.82. The highest BCUT2D eigenvalue weighted by Gasteiger charge is 2.21. The lowest BCUT2D eigenvalue weighted by molar-refractivity contribution is -0.311. The minimum Gasteiger partial charge on any atom is -0.550 e. The molecule has 0 amide bonds. The fourth-order valence-corrected chi connectivity index (χ4v) is 2.23. The topological polar surface area (TPSA) is 66.4 Å². The van der Waals surface area contributed by atoms with Crippen molar-refractivity contribution < 1.29 is 19.4 Å². The molecule has 4 nitrogen and oxygen atoms in total.